The predicted octanol–water partition coefficient (Wildman–Crippen LogP) is 8.75. The molecular formula is C58H65ClN10O8S2. The Hall–Kier alpha value is -7.00. The first-order valence-corrected chi connectivity index (χ1v) is 28.8. The third-order valence-electron chi connectivity index (χ3n) is 15.2. The molecule has 414 valence electrons. The number of furan rings is 1. The van der Waals surface area contributed by atoms with E-state index in [9.17, 15) is 24.0 Å². The van der Waals surface area contributed by atoms with Gasteiger partial charge in [0.15, 0.2) is 11.6 Å². The molecule has 1 saturated carbocycles. The topological polar surface area (TPSA) is 238 Å². The van der Waals surface area contributed by atoms with Crippen molar-refractivity contribution in [2.75, 3.05) is 13.1 Å². The number of rotatable bonds is 16. The normalized spacial score (nSPS) is 20.3. The molecule has 2 fully saturated rings. The van der Waals surface area contributed by atoms with Crippen LogP contribution in [-0.2, 0) is 35.1 Å². The number of esters is 1. The zero-order valence-electron chi connectivity index (χ0n) is 45.5. The van der Waals surface area contributed by atoms with Crippen LogP contribution in [-0.4, -0.2) is 103 Å². The zero-order valence-corrected chi connectivity index (χ0v) is 47.9. The summed E-state index contributed by atoms with van der Waals surface area (Å²) in [6.07, 6.45) is 3.38. The number of allylic oxidation sites excluding steroid dienone is 1. The molecule has 0 unspecified atom stereocenters. The van der Waals surface area contributed by atoms with Crippen LogP contribution < -0.4 is 21.7 Å². The van der Waals surface area contributed by atoms with Crippen molar-refractivity contribution < 1.29 is 37.9 Å². The number of carbonyl (C=O) groups excluding carboxylic acids is 5. The van der Waals surface area contributed by atoms with Crippen molar-refractivity contribution in [1.29, 1.82) is 0 Å². The van der Waals surface area contributed by atoms with E-state index in [1.165, 1.54) is 4.90 Å². The Morgan fingerprint density at radius 3 is 2.37 bits per heavy atom. The highest BCUT2D eigenvalue weighted by molar-refractivity contribution is 7.15. The lowest BCUT2D eigenvalue weighted by atomic mass is 9.85. The van der Waals surface area contributed by atoms with Gasteiger partial charge in [0.1, 0.15) is 46.9 Å². The number of nitrogens with zero attached hydrogens (tertiary/aromatic N) is 6. The predicted molar refractivity (Wildman–Crippen MR) is 302 cm³/mol. The van der Waals surface area contributed by atoms with E-state index in [4.69, 9.17) is 36.2 Å². The minimum Gasteiger partial charge on any atom is -0.495 e. The third-order valence-corrected chi connectivity index (χ3v) is 17.6. The first-order valence-electron chi connectivity index (χ1n) is 26.7. The minimum absolute atomic E-state index is 0.0112. The number of hydrogen-bond acceptors (Lipinski definition) is 15. The lowest BCUT2D eigenvalue weighted by Gasteiger charge is -2.37. The van der Waals surface area contributed by atoms with E-state index in [0.717, 1.165) is 65.6 Å². The molecule has 0 spiro atoms. The molecule has 6 heterocycles. The second-order valence-electron chi connectivity index (χ2n) is 22.0. The lowest BCUT2D eigenvalue weighted by Crippen LogP contribution is -2.57. The van der Waals surface area contributed by atoms with Crippen LogP contribution in [0.3, 0.4) is 0 Å². The molecule has 0 bridgehead atoms. The average Bonchev–Trinajstić information content (AvgIpc) is 4.27. The second-order valence-corrected chi connectivity index (χ2v) is 24.5. The molecule has 4 amide bonds. The number of benzene rings is 2. The monoisotopic (exact) mass is 1130 g/mol. The van der Waals surface area contributed by atoms with Crippen LogP contribution >= 0.6 is 34.3 Å². The number of nitrogens with one attached hydrogen (secondary N) is 3. The van der Waals surface area contributed by atoms with Gasteiger partial charge in [-0.3, -0.25) is 33.5 Å². The van der Waals surface area contributed by atoms with Crippen LogP contribution in [0.5, 0.6) is 0 Å². The molecule has 2 aromatic carbocycles. The maximum atomic E-state index is 14.8. The molecule has 18 nitrogen and oxygen atoms in total. The molecule has 10 rings (SSSR count). The molecule has 5 N–H and O–H groups in total. The van der Waals surface area contributed by atoms with Crippen molar-refractivity contribution in [2.45, 2.75) is 143 Å². The van der Waals surface area contributed by atoms with Crippen molar-refractivity contribution in [3.8, 4) is 15.4 Å². The van der Waals surface area contributed by atoms with Gasteiger partial charge in [-0.25, -0.2) is 4.98 Å². The highest BCUT2D eigenvalue weighted by Crippen LogP contribution is 2.41. The van der Waals surface area contributed by atoms with Crippen LogP contribution in [0.15, 0.2) is 75.3 Å². The number of hydrogen-bond donors (Lipinski definition) is 4. The van der Waals surface area contributed by atoms with E-state index in [0.29, 0.717) is 47.9 Å². The van der Waals surface area contributed by atoms with Crippen LogP contribution in [0.1, 0.15) is 145 Å². The fourth-order valence-corrected chi connectivity index (χ4v) is 12.8. The number of thiophene rings is 1. The van der Waals surface area contributed by atoms with Gasteiger partial charge in [-0.05, 0) is 81.0 Å². The molecule has 4 aliphatic rings. The van der Waals surface area contributed by atoms with Crippen molar-refractivity contribution in [3.63, 3.8) is 0 Å². The molecule has 2 aliphatic heterocycles. The Morgan fingerprint density at radius 1 is 0.937 bits per heavy atom. The highest BCUT2D eigenvalue weighted by Gasteiger charge is 2.47. The van der Waals surface area contributed by atoms with E-state index < -0.39 is 59.4 Å². The highest BCUT2D eigenvalue weighted by atomic mass is 35.5. The second kappa shape index (κ2) is 22.6. The maximum absolute atomic E-state index is 14.8. The maximum Gasteiger partial charge on any atom is 0.307 e. The third kappa shape index (κ3) is 11.7. The molecule has 1 saturated heterocycles. The van der Waals surface area contributed by atoms with Crippen molar-refractivity contribution in [3.05, 3.63) is 132 Å². The number of likely N-dealkylation sites (tertiary alicyclic amines) is 1. The van der Waals surface area contributed by atoms with Crippen LogP contribution in [0.25, 0.3) is 21.5 Å². The summed E-state index contributed by atoms with van der Waals surface area (Å²) < 4.78 is 20.3. The minimum atomic E-state index is -1.10. The van der Waals surface area contributed by atoms with Gasteiger partial charge >= 0.3 is 5.97 Å². The summed E-state index contributed by atoms with van der Waals surface area (Å²) >= 11 is 9.51. The Balaban J connectivity index is 0.767. The Morgan fingerprint density at radius 2 is 1.67 bits per heavy atom. The van der Waals surface area contributed by atoms with Crippen molar-refractivity contribution in [2.24, 2.45) is 16.1 Å². The summed E-state index contributed by atoms with van der Waals surface area (Å²) in [6.45, 7) is 15.5. The molecule has 2 aliphatic carbocycles. The van der Waals surface area contributed by atoms with Crippen LogP contribution in [0.4, 0.5) is 0 Å². The summed E-state index contributed by atoms with van der Waals surface area (Å²) in [4.78, 5) is 82.7. The van der Waals surface area contributed by atoms with Gasteiger partial charge in [0.05, 0.1) is 53.0 Å². The number of nitrogens with two attached hydrogens (primary N) is 1. The van der Waals surface area contributed by atoms with E-state index >= 15 is 0 Å². The van der Waals surface area contributed by atoms with Gasteiger partial charge in [0, 0.05) is 71.3 Å². The number of amides is 4. The van der Waals surface area contributed by atoms with Crippen molar-refractivity contribution >= 4 is 75.7 Å². The van der Waals surface area contributed by atoms with Crippen molar-refractivity contribution in [1.82, 2.24) is 40.6 Å². The van der Waals surface area contributed by atoms with Gasteiger partial charge in [-0.15, -0.1) is 32.9 Å². The molecule has 5 atom stereocenters. The summed E-state index contributed by atoms with van der Waals surface area (Å²) in [6, 6.07) is 13.9. The standard InChI is InChI=1S/C58H65ClN10O8S2/c1-29-32(4)79-57-49(29)50(35-13-15-38(59)16-14-35)64-43(53-67-66-33(5)69(53)57)26-47(70)63-39-23-41(24-39)75-40-17-18-45-37(21-40)22-46(77-45)55(73)65-52(58(6,7)8)56(74)68-27-42(76-48(71)19-20-60)25-44(68)54(72)62-30(2)34-9-11-36(12-10-34)51-31(3)61-28-78-51/h9-16,21-22,28,30,39,41-44,52H,17-20,23-27,60H2,1-8H3,(H,62,72)(H,63,70)(H,65,73)/t30-,39?,41?,42+,43-,44-,52+/m0/s1. The van der Waals surface area contributed by atoms with Gasteiger partial charge < -0.3 is 40.5 Å². The van der Waals surface area contributed by atoms with Gasteiger partial charge in [0.2, 0.25) is 17.7 Å². The number of aromatic nitrogens is 4. The van der Waals surface area contributed by atoms with Crippen LogP contribution in [0, 0.1) is 33.1 Å². The van der Waals surface area contributed by atoms with E-state index in [1.54, 1.807) is 28.7 Å². The summed E-state index contributed by atoms with van der Waals surface area (Å²) in [5.74, 6) is 0.527. The van der Waals surface area contributed by atoms with Gasteiger partial charge in [0.25, 0.3) is 5.91 Å². The molecule has 4 aromatic heterocycles. The SMILES string of the molecule is Cc1ncsc1-c1ccc([C@H](C)NC(=O)[C@@H]2C[C@@H](OC(=O)CCN)CN2C(=O)[C@@H](NC(=O)c2cc3c(o2)CCC(OC2CC(NC(=O)C[C@@H]4N=C(c5ccc(Cl)cc5)c5c(sc(C)c5C)-n5c(C)nnc54)C2)=C3)C(C)(C)C)cc1. The zero-order chi connectivity index (χ0) is 56.0. The van der Waals surface area contributed by atoms with E-state index in [1.807, 2.05) is 106 Å². The summed E-state index contributed by atoms with van der Waals surface area (Å²) in [5.41, 5.74) is 13.9. The van der Waals surface area contributed by atoms with Gasteiger partial charge in [-0.1, -0.05) is 68.8 Å². The summed E-state index contributed by atoms with van der Waals surface area (Å²) in [7, 11) is 0. The molecule has 0 radical (unpaired) electrons. The number of ether oxygens (including phenoxy) is 2. The fourth-order valence-electron chi connectivity index (χ4n) is 10.7. The molecule has 79 heavy (non-hydrogen) atoms. The first-order chi connectivity index (χ1) is 37.7. The van der Waals surface area contributed by atoms with E-state index in [-0.39, 0.29) is 56.2 Å². The van der Waals surface area contributed by atoms with Crippen LogP contribution in [0.2, 0.25) is 5.02 Å². The first kappa shape index (κ1) is 55.3. The molecular weight excluding hydrogens is 1060 g/mol. The van der Waals surface area contributed by atoms with E-state index in [2.05, 4.69) is 45.0 Å². The number of halogens is 1. The van der Waals surface area contributed by atoms with Gasteiger partial charge in [-0.2, -0.15) is 0 Å². The smallest absolute Gasteiger partial charge is 0.307 e. The molecule has 6 aromatic rings. The molecule has 21 heteroatoms. The lowest BCUT2D eigenvalue weighted by molar-refractivity contribution is -0.149. The summed E-state index contributed by atoms with van der Waals surface area (Å²) in [5, 5.41) is 19.8. The fraction of sp³-hybridized carbons (Fsp3) is 0.431. The largest absolute Gasteiger partial charge is 0.495 e. The Labute approximate surface area is 471 Å². The Kier molecular flexibility index (Phi) is 15.8. The number of aliphatic imine (C=N–C) groups is 1. The number of thiazole rings is 1. The number of fused-ring (bicyclic) bond motifs is 4. The Bertz CT molecular complexity index is 3380. The quantitative estimate of drug-likeness (QED) is 0.0666. The average molecular weight is 1130 g/mol. The number of carbonyl (C=O) groups is 5. The number of aryl methyl sites for hydroxylation is 4.